The van der Waals surface area contributed by atoms with Gasteiger partial charge in [-0.15, -0.1) is 0 Å². The van der Waals surface area contributed by atoms with Gasteiger partial charge in [-0.25, -0.2) is 0 Å². The van der Waals surface area contributed by atoms with Crippen LogP contribution in [0.1, 0.15) is 101 Å². The molecule has 0 unspecified atom stereocenters. The molecule has 0 radical (unpaired) electrons. The van der Waals surface area contributed by atoms with Crippen LogP contribution in [0.3, 0.4) is 0 Å². The Balaban J connectivity index is 1.56. The summed E-state index contributed by atoms with van der Waals surface area (Å²) in [4.78, 5) is 43.4. The number of aryl methyl sites for hydroxylation is 1. The second kappa shape index (κ2) is 13.3. The van der Waals surface area contributed by atoms with E-state index >= 15 is 0 Å². The molecule has 3 aromatic rings. The third-order valence-corrected chi connectivity index (χ3v) is 9.63. The molecule has 2 saturated carbocycles. The molecule has 1 aromatic heterocycles. The maximum absolute atomic E-state index is 14.6. The number of hydrogen-bond acceptors (Lipinski definition) is 6. The topological polar surface area (TPSA) is 117 Å². The lowest BCUT2D eigenvalue weighted by Crippen LogP contribution is -2.46. The van der Waals surface area contributed by atoms with Gasteiger partial charge in [0, 0.05) is 22.8 Å². The zero-order chi connectivity index (χ0) is 29.8. The van der Waals surface area contributed by atoms with Crippen molar-refractivity contribution in [3.8, 4) is 0 Å². The number of hydrogen-bond donors (Lipinski definition) is 3. The van der Waals surface area contributed by atoms with Gasteiger partial charge in [0.2, 0.25) is 5.91 Å². The van der Waals surface area contributed by atoms with Crippen LogP contribution in [0, 0.1) is 13.8 Å². The van der Waals surface area contributed by atoms with E-state index in [0.29, 0.717) is 16.3 Å². The SMILES string of the molecule is Cc1cccc(N(C(=O)c2snc(C(=O)NC3CCCCC3)c2N)[C@H](C(=O)NC2CCCC2)c2ccc(Cl)cc2)c1C. The molecule has 2 aromatic carbocycles. The quantitative estimate of drug-likeness (QED) is 0.270. The highest BCUT2D eigenvalue weighted by Crippen LogP contribution is 2.36. The zero-order valence-electron chi connectivity index (χ0n) is 24.1. The molecule has 1 atom stereocenters. The summed E-state index contributed by atoms with van der Waals surface area (Å²) in [6, 6.07) is 11.8. The summed E-state index contributed by atoms with van der Waals surface area (Å²) in [7, 11) is 0. The molecule has 222 valence electrons. The number of amides is 3. The minimum Gasteiger partial charge on any atom is -0.395 e. The molecule has 5 rings (SSSR count). The summed E-state index contributed by atoms with van der Waals surface area (Å²) in [5.74, 6) is -1.14. The molecule has 0 bridgehead atoms. The van der Waals surface area contributed by atoms with Crippen LogP contribution < -0.4 is 21.3 Å². The predicted molar refractivity (Wildman–Crippen MR) is 168 cm³/mol. The number of nitrogens with two attached hydrogens (primary N) is 1. The second-order valence-electron chi connectivity index (χ2n) is 11.4. The normalized spacial score (nSPS) is 16.6. The van der Waals surface area contributed by atoms with Crippen LogP contribution in [0.4, 0.5) is 11.4 Å². The number of nitrogens with one attached hydrogen (secondary N) is 2. The number of anilines is 2. The van der Waals surface area contributed by atoms with Gasteiger partial charge in [-0.3, -0.25) is 19.3 Å². The number of carbonyl (C=O) groups is 3. The summed E-state index contributed by atoms with van der Waals surface area (Å²) < 4.78 is 4.33. The smallest absolute Gasteiger partial charge is 0.273 e. The van der Waals surface area contributed by atoms with Crippen molar-refractivity contribution in [1.29, 1.82) is 0 Å². The molecule has 10 heteroatoms. The van der Waals surface area contributed by atoms with E-state index in [1.807, 2.05) is 32.0 Å². The Labute approximate surface area is 256 Å². The molecular formula is C32H38ClN5O3S. The Kier molecular flexibility index (Phi) is 9.48. The Morgan fingerprint density at radius 1 is 0.929 bits per heavy atom. The fourth-order valence-electron chi connectivity index (χ4n) is 6.00. The maximum Gasteiger partial charge on any atom is 0.273 e. The van der Waals surface area contributed by atoms with Crippen molar-refractivity contribution in [2.75, 3.05) is 10.6 Å². The van der Waals surface area contributed by atoms with E-state index in [4.69, 9.17) is 17.3 Å². The number of aromatic nitrogens is 1. The molecule has 3 amide bonds. The first-order valence-electron chi connectivity index (χ1n) is 14.8. The Bertz CT molecular complexity index is 1440. The highest BCUT2D eigenvalue weighted by Gasteiger charge is 2.38. The number of nitrogens with zero attached hydrogens (tertiary/aromatic N) is 2. The second-order valence-corrected chi connectivity index (χ2v) is 12.6. The van der Waals surface area contributed by atoms with Gasteiger partial charge in [-0.2, -0.15) is 4.37 Å². The van der Waals surface area contributed by atoms with Crippen LogP contribution in [0.2, 0.25) is 5.02 Å². The lowest BCUT2D eigenvalue weighted by Gasteiger charge is -2.33. The monoisotopic (exact) mass is 607 g/mol. The van der Waals surface area contributed by atoms with Crippen molar-refractivity contribution < 1.29 is 14.4 Å². The standard InChI is InChI=1S/C32H38ClN5O3S/c1-19-9-8-14-25(20(19)2)38(28(21-15-17-22(33)18-16-21)31(40)36-24-12-6-7-13-24)32(41)29-26(34)27(37-42-29)30(39)35-23-10-4-3-5-11-23/h8-9,14-18,23-24,28H,3-7,10-13,34H2,1-2H3,(H,35,39)(H,36,40)/t28-/m0/s1. The Hall–Kier alpha value is -3.43. The Morgan fingerprint density at radius 3 is 2.21 bits per heavy atom. The van der Waals surface area contributed by atoms with Gasteiger partial charge in [0.15, 0.2) is 5.69 Å². The van der Waals surface area contributed by atoms with Gasteiger partial charge in [0.1, 0.15) is 10.9 Å². The first kappa shape index (κ1) is 30.0. The van der Waals surface area contributed by atoms with E-state index < -0.39 is 11.9 Å². The fraction of sp³-hybridized carbons (Fsp3) is 0.438. The van der Waals surface area contributed by atoms with Gasteiger partial charge in [-0.05, 0) is 86.0 Å². The first-order chi connectivity index (χ1) is 20.2. The predicted octanol–water partition coefficient (Wildman–Crippen LogP) is 6.50. The van der Waals surface area contributed by atoms with Crippen LogP contribution in [-0.2, 0) is 4.79 Å². The molecule has 2 aliphatic carbocycles. The fourth-order valence-corrected chi connectivity index (χ4v) is 6.86. The van der Waals surface area contributed by atoms with Crippen molar-refractivity contribution in [2.24, 2.45) is 0 Å². The molecule has 4 N–H and O–H groups in total. The number of halogens is 1. The molecule has 0 spiro atoms. The summed E-state index contributed by atoms with van der Waals surface area (Å²) in [5, 5.41) is 6.76. The average molecular weight is 608 g/mol. The van der Waals surface area contributed by atoms with Crippen LogP contribution in [-0.4, -0.2) is 34.2 Å². The first-order valence-corrected chi connectivity index (χ1v) is 15.9. The minimum absolute atomic E-state index is 0.0275. The van der Waals surface area contributed by atoms with Crippen LogP contribution >= 0.6 is 23.1 Å². The number of rotatable bonds is 8. The van der Waals surface area contributed by atoms with Crippen molar-refractivity contribution in [1.82, 2.24) is 15.0 Å². The van der Waals surface area contributed by atoms with E-state index in [2.05, 4.69) is 15.0 Å². The largest absolute Gasteiger partial charge is 0.395 e. The van der Waals surface area contributed by atoms with E-state index in [9.17, 15) is 14.4 Å². The van der Waals surface area contributed by atoms with Crippen LogP contribution in [0.15, 0.2) is 42.5 Å². The third-order valence-electron chi connectivity index (χ3n) is 8.53. The highest BCUT2D eigenvalue weighted by molar-refractivity contribution is 7.09. The van der Waals surface area contributed by atoms with Crippen molar-refractivity contribution >= 4 is 52.2 Å². The molecule has 0 aliphatic heterocycles. The van der Waals surface area contributed by atoms with Gasteiger partial charge < -0.3 is 16.4 Å². The van der Waals surface area contributed by atoms with E-state index in [-0.39, 0.29) is 40.2 Å². The Morgan fingerprint density at radius 2 is 1.55 bits per heavy atom. The average Bonchev–Trinajstić information content (AvgIpc) is 3.64. The minimum atomic E-state index is -1.00. The summed E-state index contributed by atoms with van der Waals surface area (Å²) >= 11 is 7.10. The molecule has 2 aliphatic rings. The summed E-state index contributed by atoms with van der Waals surface area (Å²) in [6.45, 7) is 3.89. The van der Waals surface area contributed by atoms with Crippen molar-refractivity contribution in [3.05, 3.63) is 74.7 Å². The molecular weight excluding hydrogens is 570 g/mol. The molecule has 2 fully saturated rings. The maximum atomic E-state index is 14.6. The zero-order valence-corrected chi connectivity index (χ0v) is 25.7. The van der Waals surface area contributed by atoms with Crippen LogP contribution in [0.25, 0.3) is 0 Å². The van der Waals surface area contributed by atoms with Gasteiger partial charge in [-0.1, -0.05) is 68.0 Å². The highest BCUT2D eigenvalue weighted by atomic mass is 35.5. The lowest BCUT2D eigenvalue weighted by molar-refractivity contribution is -0.123. The number of carbonyl (C=O) groups excluding carboxylic acids is 3. The van der Waals surface area contributed by atoms with Crippen molar-refractivity contribution in [2.45, 2.75) is 89.8 Å². The molecule has 8 nitrogen and oxygen atoms in total. The van der Waals surface area contributed by atoms with E-state index in [0.717, 1.165) is 74.0 Å². The third kappa shape index (κ3) is 6.47. The van der Waals surface area contributed by atoms with E-state index in [1.54, 1.807) is 24.3 Å². The summed E-state index contributed by atoms with van der Waals surface area (Å²) in [6.07, 6.45) is 9.05. The molecule has 42 heavy (non-hydrogen) atoms. The summed E-state index contributed by atoms with van der Waals surface area (Å²) in [5.41, 5.74) is 9.59. The van der Waals surface area contributed by atoms with Gasteiger partial charge in [0.05, 0.1) is 5.69 Å². The van der Waals surface area contributed by atoms with Gasteiger partial charge in [0.25, 0.3) is 11.8 Å². The van der Waals surface area contributed by atoms with Gasteiger partial charge >= 0.3 is 0 Å². The van der Waals surface area contributed by atoms with Crippen LogP contribution in [0.5, 0.6) is 0 Å². The van der Waals surface area contributed by atoms with Crippen molar-refractivity contribution in [3.63, 3.8) is 0 Å². The number of nitrogen functional groups attached to an aromatic ring is 1. The molecule has 1 heterocycles. The lowest BCUT2D eigenvalue weighted by atomic mass is 9.95. The van der Waals surface area contributed by atoms with E-state index in [1.165, 1.54) is 11.3 Å². The number of benzene rings is 2. The molecule has 0 saturated heterocycles.